The van der Waals surface area contributed by atoms with Crippen LogP contribution in [0.4, 0.5) is 0 Å². The van der Waals surface area contributed by atoms with Gasteiger partial charge in [-0.25, -0.2) is 0 Å². The molecule has 0 fully saturated rings. The van der Waals surface area contributed by atoms with Crippen molar-refractivity contribution in [3.05, 3.63) is 60.8 Å². The highest BCUT2D eigenvalue weighted by molar-refractivity contribution is 5.70. The molecule has 0 saturated carbocycles. The largest absolute Gasteiger partial charge is 0.462 e. The van der Waals surface area contributed by atoms with Crippen molar-refractivity contribution in [2.75, 3.05) is 19.8 Å². The van der Waals surface area contributed by atoms with Gasteiger partial charge < -0.3 is 14.2 Å². The lowest BCUT2D eigenvalue weighted by atomic mass is 10.1. The summed E-state index contributed by atoms with van der Waals surface area (Å²) in [6.07, 6.45) is 78.2. The lowest BCUT2D eigenvalue weighted by Crippen LogP contribution is -2.30. The Bertz CT molecular complexity index is 1200. The van der Waals surface area contributed by atoms with Crippen molar-refractivity contribution in [2.24, 2.45) is 0 Å². The summed E-state index contributed by atoms with van der Waals surface area (Å²) >= 11 is 0. The first-order chi connectivity index (χ1) is 34.6. The molecule has 0 aliphatic carbocycles. The van der Waals surface area contributed by atoms with Gasteiger partial charge in [0.1, 0.15) is 6.61 Å². The highest BCUT2D eigenvalue weighted by Crippen LogP contribution is 2.16. The molecule has 0 heterocycles. The Kier molecular flexibility index (Phi) is 58.8. The molecule has 0 aromatic rings. The first-order valence-electron chi connectivity index (χ1n) is 30.8. The minimum atomic E-state index is -0.546. The van der Waals surface area contributed by atoms with Crippen molar-refractivity contribution >= 4 is 11.9 Å². The van der Waals surface area contributed by atoms with Crippen molar-refractivity contribution < 1.29 is 23.8 Å². The number of hydrogen-bond donors (Lipinski definition) is 0. The summed E-state index contributed by atoms with van der Waals surface area (Å²) in [7, 11) is 0. The van der Waals surface area contributed by atoms with Gasteiger partial charge in [0.2, 0.25) is 0 Å². The summed E-state index contributed by atoms with van der Waals surface area (Å²) in [5.41, 5.74) is 0. The summed E-state index contributed by atoms with van der Waals surface area (Å²) < 4.78 is 17.5. The van der Waals surface area contributed by atoms with Gasteiger partial charge in [0, 0.05) is 19.4 Å². The molecule has 0 aliphatic rings. The van der Waals surface area contributed by atoms with E-state index < -0.39 is 6.10 Å². The number of carbonyl (C=O) groups is 2. The molecular weight excluding hydrogens is 861 g/mol. The van der Waals surface area contributed by atoms with Gasteiger partial charge in [0.05, 0.1) is 6.61 Å². The van der Waals surface area contributed by atoms with Crippen LogP contribution < -0.4 is 0 Å². The van der Waals surface area contributed by atoms with Crippen LogP contribution in [0.2, 0.25) is 0 Å². The summed E-state index contributed by atoms with van der Waals surface area (Å²) in [5.74, 6) is -0.395. The Morgan fingerprint density at radius 3 is 1.04 bits per heavy atom. The first kappa shape index (κ1) is 67.6. The smallest absolute Gasteiger partial charge is 0.306 e. The quantitative estimate of drug-likeness (QED) is 0.0345. The Morgan fingerprint density at radius 2 is 0.643 bits per heavy atom. The number of hydrogen-bond acceptors (Lipinski definition) is 5. The molecule has 0 N–H and O–H groups in total. The second kappa shape index (κ2) is 60.9. The third-order valence-corrected chi connectivity index (χ3v) is 13.5. The van der Waals surface area contributed by atoms with Gasteiger partial charge in [-0.15, -0.1) is 0 Å². The van der Waals surface area contributed by atoms with Crippen LogP contribution in [0.5, 0.6) is 0 Å². The van der Waals surface area contributed by atoms with Gasteiger partial charge in [0.25, 0.3) is 0 Å². The van der Waals surface area contributed by atoms with E-state index in [1.165, 1.54) is 218 Å². The van der Waals surface area contributed by atoms with E-state index in [1.54, 1.807) is 0 Å². The third kappa shape index (κ3) is 58.2. The van der Waals surface area contributed by atoms with E-state index in [-0.39, 0.29) is 25.2 Å². The van der Waals surface area contributed by atoms with Gasteiger partial charge in [-0.3, -0.25) is 9.59 Å². The molecular formula is C65H118O5. The Labute approximate surface area is 436 Å². The van der Waals surface area contributed by atoms with Crippen molar-refractivity contribution in [3.63, 3.8) is 0 Å². The van der Waals surface area contributed by atoms with E-state index in [4.69, 9.17) is 14.2 Å². The minimum Gasteiger partial charge on any atom is -0.462 e. The molecule has 1 unspecified atom stereocenters. The molecule has 5 heteroatoms. The minimum absolute atomic E-state index is 0.0794. The SMILES string of the molecule is CC/C=C\C/C=C\C/C=C\CCCCCCCCOCC(COC(=O)CCCCCCCCCCC/C=C\CCCCCCCC)OC(=O)CCCCCCCCCCC/C=C\CCCCCCCC. The second-order valence-corrected chi connectivity index (χ2v) is 20.6. The molecule has 0 saturated heterocycles. The summed E-state index contributed by atoms with van der Waals surface area (Å²) in [5, 5.41) is 0. The zero-order valence-corrected chi connectivity index (χ0v) is 47.0. The lowest BCUT2D eigenvalue weighted by Gasteiger charge is -2.18. The van der Waals surface area contributed by atoms with Gasteiger partial charge in [0.15, 0.2) is 6.10 Å². The third-order valence-electron chi connectivity index (χ3n) is 13.5. The zero-order valence-electron chi connectivity index (χ0n) is 47.0. The fourth-order valence-electron chi connectivity index (χ4n) is 8.93. The Hall–Kier alpha value is -2.40. The molecule has 0 aromatic carbocycles. The van der Waals surface area contributed by atoms with Crippen LogP contribution in [0.3, 0.4) is 0 Å². The summed E-state index contributed by atoms with van der Waals surface area (Å²) in [4.78, 5) is 25.6. The zero-order chi connectivity index (χ0) is 50.6. The van der Waals surface area contributed by atoms with Crippen LogP contribution in [-0.2, 0) is 23.8 Å². The molecule has 0 amide bonds. The molecule has 5 nitrogen and oxygen atoms in total. The molecule has 0 rings (SSSR count). The number of carbonyl (C=O) groups excluding carboxylic acids is 2. The molecule has 1 atom stereocenters. The van der Waals surface area contributed by atoms with Gasteiger partial charge in [-0.05, 0) is 103 Å². The molecule has 0 aliphatic heterocycles. The molecule has 0 spiro atoms. The number of ether oxygens (including phenoxy) is 3. The Morgan fingerprint density at radius 1 is 0.329 bits per heavy atom. The molecule has 0 bridgehead atoms. The number of esters is 2. The highest BCUT2D eigenvalue weighted by Gasteiger charge is 2.17. The molecule has 0 aromatic heterocycles. The highest BCUT2D eigenvalue weighted by atomic mass is 16.6. The fraction of sp³-hybridized carbons (Fsp3) is 0.815. The van der Waals surface area contributed by atoms with Crippen LogP contribution in [-0.4, -0.2) is 37.9 Å². The average molecular weight is 980 g/mol. The summed E-state index contributed by atoms with van der Waals surface area (Å²) in [6, 6.07) is 0. The van der Waals surface area contributed by atoms with E-state index in [2.05, 4.69) is 81.5 Å². The maximum Gasteiger partial charge on any atom is 0.306 e. The fourth-order valence-corrected chi connectivity index (χ4v) is 8.93. The first-order valence-corrected chi connectivity index (χ1v) is 30.8. The number of rotatable bonds is 57. The van der Waals surface area contributed by atoms with Crippen molar-refractivity contribution in [3.8, 4) is 0 Å². The molecule has 0 radical (unpaired) electrons. The van der Waals surface area contributed by atoms with Gasteiger partial charge in [-0.2, -0.15) is 0 Å². The molecule has 70 heavy (non-hydrogen) atoms. The van der Waals surface area contributed by atoms with E-state index >= 15 is 0 Å². The molecule has 408 valence electrons. The van der Waals surface area contributed by atoms with E-state index in [9.17, 15) is 9.59 Å². The summed E-state index contributed by atoms with van der Waals surface area (Å²) in [6.45, 7) is 7.73. The number of allylic oxidation sites excluding steroid dienone is 10. The monoisotopic (exact) mass is 979 g/mol. The maximum atomic E-state index is 12.9. The van der Waals surface area contributed by atoms with Crippen LogP contribution >= 0.6 is 0 Å². The van der Waals surface area contributed by atoms with E-state index in [0.29, 0.717) is 19.4 Å². The Balaban J connectivity index is 4.27. The average Bonchev–Trinajstić information content (AvgIpc) is 3.36. The predicted octanol–water partition coefficient (Wildman–Crippen LogP) is 21.2. The van der Waals surface area contributed by atoms with Gasteiger partial charge in [-0.1, -0.05) is 261 Å². The van der Waals surface area contributed by atoms with E-state index in [1.807, 2.05) is 0 Å². The maximum absolute atomic E-state index is 12.9. The van der Waals surface area contributed by atoms with Crippen molar-refractivity contribution in [1.82, 2.24) is 0 Å². The van der Waals surface area contributed by atoms with Crippen molar-refractivity contribution in [2.45, 2.75) is 322 Å². The number of unbranched alkanes of at least 4 members (excludes halogenated alkanes) is 36. The van der Waals surface area contributed by atoms with Crippen LogP contribution in [0.15, 0.2) is 60.8 Å². The second-order valence-electron chi connectivity index (χ2n) is 20.6. The standard InChI is InChI=1S/C65H118O5/c1-4-7-10-13-16-19-22-25-28-31-33-35-37-40-43-46-49-52-55-58-64(66)69-62-63(61-68-60-57-54-51-48-45-42-39-30-27-24-21-18-15-12-9-6-3)70-65(67)59-56-53-50-47-44-41-38-36-34-32-29-26-23-20-17-14-11-8-5-2/h9,12,18,21,25-30,63H,4-8,10-11,13-17,19-20,22-24,31-62H2,1-3H3/b12-9-,21-18-,28-25-,29-26-,30-27-. The predicted molar refractivity (Wildman–Crippen MR) is 307 cm³/mol. The topological polar surface area (TPSA) is 61.8 Å². The van der Waals surface area contributed by atoms with Crippen LogP contribution in [0, 0.1) is 0 Å². The lowest BCUT2D eigenvalue weighted by molar-refractivity contribution is -0.163. The normalized spacial score (nSPS) is 12.6. The van der Waals surface area contributed by atoms with Crippen LogP contribution in [0.1, 0.15) is 316 Å². The van der Waals surface area contributed by atoms with Crippen molar-refractivity contribution in [1.29, 1.82) is 0 Å². The van der Waals surface area contributed by atoms with Gasteiger partial charge >= 0.3 is 11.9 Å². The van der Waals surface area contributed by atoms with E-state index in [0.717, 1.165) is 64.2 Å². The van der Waals surface area contributed by atoms with Crippen LogP contribution in [0.25, 0.3) is 0 Å².